The molecular weight excluding hydrogens is 316 g/mol. The number of nitrogens with two attached hydrogens (primary N) is 2. The van der Waals surface area contributed by atoms with E-state index >= 15 is 0 Å². The summed E-state index contributed by atoms with van der Waals surface area (Å²) in [4.78, 5) is 23.9. The number of ether oxygens (including phenoxy) is 1. The molecule has 2 aromatic rings. The van der Waals surface area contributed by atoms with Crippen molar-refractivity contribution in [2.24, 2.45) is 0 Å². The minimum atomic E-state index is -0.457. The molecular formula is C14H18N6O2S. The number of benzene rings is 1. The second-order valence-electron chi connectivity index (χ2n) is 4.79. The highest BCUT2D eigenvalue weighted by atomic mass is 32.2. The van der Waals surface area contributed by atoms with Crippen molar-refractivity contribution in [2.75, 3.05) is 23.9 Å². The maximum absolute atomic E-state index is 12.3. The highest BCUT2D eigenvalue weighted by Gasteiger charge is 2.18. The van der Waals surface area contributed by atoms with Gasteiger partial charge < -0.3 is 21.5 Å². The molecule has 1 heterocycles. The molecule has 1 amide bonds. The smallest absolute Gasteiger partial charge is 0.237 e. The van der Waals surface area contributed by atoms with Gasteiger partial charge in [0, 0.05) is 0 Å². The average molecular weight is 334 g/mol. The van der Waals surface area contributed by atoms with Crippen LogP contribution in [0.1, 0.15) is 12.5 Å². The molecule has 23 heavy (non-hydrogen) atoms. The zero-order chi connectivity index (χ0) is 17.0. The van der Waals surface area contributed by atoms with Crippen molar-refractivity contribution in [1.29, 1.82) is 0 Å². The van der Waals surface area contributed by atoms with Crippen LogP contribution in [0.15, 0.2) is 23.4 Å². The summed E-state index contributed by atoms with van der Waals surface area (Å²) >= 11 is 1.14. The minimum Gasteiger partial charge on any atom is -0.495 e. The number of thioether (sulfide) groups is 1. The molecule has 0 saturated heterocycles. The van der Waals surface area contributed by atoms with Crippen LogP contribution in [0.3, 0.4) is 0 Å². The third-order valence-electron chi connectivity index (χ3n) is 2.91. The summed E-state index contributed by atoms with van der Waals surface area (Å²) in [6.45, 7) is 3.67. The summed E-state index contributed by atoms with van der Waals surface area (Å²) in [6.07, 6.45) is 0. The molecule has 0 aliphatic heterocycles. The highest BCUT2D eigenvalue weighted by molar-refractivity contribution is 8.00. The van der Waals surface area contributed by atoms with Crippen LogP contribution in [-0.2, 0) is 4.79 Å². The van der Waals surface area contributed by atoms with E-state index in [0.29, 0.717) is 16.6 Å². The van der Waals surface area contributed by atoms with Crippen molar-refractivity contribution >= 4 is 35.3 Å². The number of hydrogen-bond donors (Lipinski definition) is 3. The van der Waals surface area contributed by atoms with Gasteiger partial charge in [-0.05, 0) is 31.5 Å². The fraction of sp³-hybridized carbons (Fsp3) is 0.286. The summed E-state index contributed by atoms with van der Waals surface area (Å²) in [6, 6.07) is 5.55. The van der Waals surface area contributed by atoms with Crippen LogP contribution in [0.4, 0.5) is 17.6 Å². The van der Waals surface area contributed by atoms with Crippen LogP contribution < -0.4 is 21.5 Å². The first-order chi connectivity index (χ1) is 10.9. The molecule has 1 aromatic heterocycles. The fourth-order valence-electron chi connectivity index (χ4n) is 1.81. The summed E-state index contributed by atoms with van der Waals surface area (Å²) in [7, 11) is 1.55. The molecule has 0 aliphatic rings. The van der Waals surface area contributed by atoms with Crippen molar-refractivity contribution in [3.8, 4) is 5.75 Å². The van der Waals surface area contributed by atoms with E-state index < -0.39 is 5.25 Å². The molecule has 122 valence electrons. The third kappa shape index (κ3) is 4.46. The van der Waals surface area contributed by atoms with Gasteiger partial charge in [-0.15, -0.1) is 0 Å². The predicted molar refractivity (Wildman–Crippen MR) is 90.3 cm³/mol. The van der Waals surface area contributed by atoms with E-state index in [9.17, 15) is 4.79 Å². The van der Waals surface area contributed by atoms with Crippen LogP contribution >= 0.6 is 11.8 Å². The van der Waals surface area contributed by atoms with Crippen molar-refractivity contribution in [1.82, 2.24) is 15.0 Å². The molecule has 0 aliphatic carbocycles. The number of nitrogens with one attached hydrogen (secondary N) is 1. The molecule has 0 radical (unpaired) electrons. The molecule has 0 fully saturated rings. The van der Waals surface area contributed by atoms with Gasteiger partial charge in [-0.2, -0.15) is 15.0 Å². The zero-order valence-corrected chi connectivity index (χ0v) is 13.8. The predicted octanol–water partition coefficient (Wildman–Crippen LogP) is 1.47. The highest BCUT2D eigenvalue weighted by Crippen LogP contribution is 2.27. The largest absolute Gasteiger partial charge is 0.495 e. The van der Waals surface area contributed by atoms with E-state index in [4.69, 9.17) is 16.2 Å². The lowest BCUT2D eigenvalue weighted by Gasteiger charge is -2.14. The van der Waals surface area contributed by atoms with E-state index in [1.807, 2.05) is 19.1 Å². The van der Waals surface area contributed by atoms with Gasteiger partial charge >= 0.3 is 0 Å². The molecule has 8 nitrogen and oxygen atoms in total. The van der Waals surface area contributed by atoms with Crippen LogP contribution in [0, 0.1) is 6.92 Å². The summed E-state index contributed by atoms with van der Waals surface area (Å²) in [5, 5.41) is 2.68. The lowest BCUT2D eigenvalue weighted by atomic mass is 10.2. The van der Waals surface area contributed by atoms with Crippen LogP contribution in [0.5, 0.6) is 5.75 Å². The number of nitrogens with zero attached hydrogens (tertiary/aromatic N) is 3. The second kappa shape index (κ2) is 7.14. The Balaban J connectivity index is 2.09. The van der Waals surface area contributed by atoms with Gasteiger partial charge in [0.05, 0.1) is 18.0 Å². The van der Waals surface area contributed by atoms with Crippen molar-refractivity contribution in [2.45, 2.75) is 24.3 Å². The maximum atomic E-state index is 12.3. The van der Waals surface area contributed by atoms with E-state index in [2.05, 4.69) is 20.3 Å². The molecule has 1 aromatic carbocycles. The number of amides is 1. The molecule has 5 N–H and O–H groups in total. The van der Waals surface area contributed by atoms with Gasteiger partial charge in [0.15, 0.2) is 5.16 Å². The molecule has 0 bridgehead atoms. The molecule has 2 rings (SSSR count). The van der Waals surface area contributed by atoms with Crippen LogP contribution in [0.25, 0.3) is 0 Å². The number of anilines is 3. The Morgan fingerprint density at radius 2 is 1.91 bits per heavy atom. The van der Waals surface area contributed by atoms with Crippen molar-refractivity contribution in [3.05, 3.63) is 23.8 Å². The number of rotatable bonds is 5. The van der Waals surface area contributed by atoms with E-state index in [1.54, 1.807) is 20.1 Å². The lowest BCUT2D eigenvalue weighted by Crippen LogP contribution is -2.23. The molecule has 9 heteroatoms. The van der Waals surface area contributed by atoms with E-state index in [0.717, 1.165) is 17.3 Å². The number of carbonyl (C=O) groups excluding carboxylic acids is 1. The van der Waals surface area contributed by atoms with Crippen molar-refractivity contribution < 1.29 is 9.53 Å². The van der Waals surface area contributed by atoms with E-state index in [1.165, 1.54) is 0 Å². The monoisotopic (exact) mass is 334 g/mol. The SMILES string of the molecule is COc1ccc(C)cc1NC(=O)[C@@H](C)Sc1nc(N)nc(N)n1. The quantitative estimate of drug-likeness (QED) is 0.701. The molecule has 1 atom stereocenters. The molecule has 0 saturated carbocycles. The van der Waals surface area contributed by atoms with Gasteiger partial charge in [0.1, 0.15) is 5.75 Å². The Morgan fingerprint density at radius 1 is 1.26 bits per heavy atom. The van der Waals surface area contributed by atoms with Gasteiger partial charge in [0.2, 0.25) is 17.8 Å². The molecule has 0 unspecified atom stereocenters. The van der Waals surface area contributed by atoms with Crippen LogP contribution in [0.2, 0.25) is 0 Å². The number of aromatic nitrogens is 3. The Kier molecular flexibility index (Phi) is 5.22. The summed E-state index contributed by atoms with van der Waals surface area (Å²) in [5.41, 5.74) is 12.7. The lowest BCUT2D eigenvalue weighted by molar-refractivity contribution is -0.115. The second-order valence-corrected chi connectivity index (χ2v) is 6.10. The summed E-state index contributed by atoms with van der Waals surface area (Å²) in [5.74, 6) is 0.423. The standard InChI is InChI=1S/C14H18N6O2S/c1-7-4-5-10(22-3)9(6-7)17-11(21)8(2)23-14-19-12(15)18-13(16)20-14/h4-6,8H,1-3H3,(H,17,21)(H4,15,16,18,19,20)/t8-/m1/s1. The minimum absolute atomic E-state index is 0.0213. The number of nitrogen functional groups attached to an aromatic ring is 2. The topological polar surface area (TPSA) is 129 Å². The van der Waals surface area contributed by atoms with E-state index in [-0.39, 0.29) is 17.8 Å². The third-order valence-corrected chi connectivity index (χ3v) is 3.87. The Morgan fingerprint density at radius 3 is 2.52 bits per heavy atom. The van der Waals surface area contributed by atoms with Gasteiger partial charge in [-0.3, -0.25) is 4.79 Å². The Labute approximate surface area is 138 Å². The number of hydrogen-bond acceptors (Lipinski definition) is 8. The molecule has 0 spiro atoms. The zero-order valence-electron chi connectivity index (χ0n) is 13.0. The Hall–Kier alpha value is -2.55. The average Bonchev–Trinajstić information content (AvgIpc) is 2.46. The number of methoxy groups -OCH3 is 1. The normalized spacial score (nSPS) is 11.8. The fourth-order valence-corrected chi connectivity index (χ4v) is 2.58. The first-order valence-electron chi connectivity index (χ1n) is 6.78. The first-order valence-corrected chi connectivity index (χ1v) is 7.66. The van der Waals surface area contributed by atoms with Gasteiger partial charge in [-0.25, -0.2) is 0 Å². The van der Waals surface area contributed by atoms with Gasteiger partial charge in [0.25, 0.3) is 0 Å². The maximum Gasteiger partial charge on any atom is 0.237 e. The van der Waals surface area contributed by atoms with Crippen molar-refractivity contribution in [3.63, 3.8) is 0 Å². The Bertz CT molecular complexity index is 704. The first kappa shape index (κ1) is 16.8. The number of aryl methyl sites for hydroxylation is 1. The van der Waals surface area contributed by atoms with Crippen LogP contribution in [-0.4, -0.2) is 33.2 Å². The number of carbonyl (C=O) groups is 1. The van der Waals surface area contributed by atoms with Gasteiger partial charge in [-0.1, -0.05) is 17.8 Å². The summed E-state index contributed by atoms with van der Waals surface area (Å²) < 4.78 is 5.24.